The minimum absolute atomic E-state index is 0.354. The van der Waals surface area contributed by atoms with Crippen LogP contribution in [0, 0.1) is 0 Å². The molecule has 0 fully saturated rings. The van der Waals surface area contributed by atoms with Gasteiger partial charge < -0.3 is 19.4 Å². The van der Waals surface area contributed by atoms with Crippen molar-refractivity contribution in [2.24, 2.45) is 0 Å². The molecule has 1 unspecified atom stereocenters. The number of rotatable bonds is 8. The average Bonchev–Trinajstić information content (AvgIpc) is 2.81. The molecule has 190 valence electrons. The summed E-state index contributed by atoms with van der Waals surface area (Å²) in [5, 5.41) is 3.01. The number of hydrogen-bond acceptors (Lipinski definition) is 8. The molecule has 0 saturated carbocycles. The number of benzene rings is 2. The Balaban J connectivity index is 1.97. The molecule has 0 amide bonds. The number of nitrogens with one attached hydrogen (secondary N) is 1. The van der Waals surface area contributed by atoms with Crippen LogP contribution in [-0.2, 0) is 25.3 Å². The van der Waals surface area contributed by atoms with Crippen molar-refractivity contribution in [2.75, 3.05) is 25.8 Å². The second-order valence-electron chi connectivity index (χ2n) is 9.80. The average molecular weight is 510 g/mol. The maximum atomic E-state index is 12.8. The van der Waals surface area contributed by atoms with Gasteiger partial charge in [-0.25, -0.2) is 19.6 Å². The van der Waals surface area contributed by atoms with Gasteiger partial charge in [-0.2, -0.15) is 0 Å². The van der Waals surface area contributed by atoms with Crippen molar-refractivity contribution in [3.63, 3.8) is 0 Å². The topological polar surface area (TPSA) is 107 Å². The molecule has 0 aliphatic heterocycles. The van der Waals surface area contributed by atoms with E-state index in [4.69, 9.17) is 14.5 Å². The van der Waals surface area contributed by atoms with Crippen molar-refractivity contribution in [1.29, 1.82) is 0 Å². The molecular formula is C27H32N3O5P. The largest absolute Gasteiger partial charge is 0.467 e. The zero-order chi connectivity index (χ0) is 26.5. The van der Waals surface area contributed by atoms with Crippen molar-refractivity contribution in [1.82, 2.24) is 9.97 Å². The van der Waals surface area contributed by atoms with Crippen LogP contribution in [0.25, 0.3) is 11.3 Å². The van der Waals surface area contributed by atoms with Crippen LogP contribution in [0.15, 0.2) is 60.8 Å². The van der Waals surface area contributed by atoms with Gasteiger partial charge in [0, 0.05) is 12.0 Å². The number of methoxy groups -OCH3 is 1. The van der Waals surface area contributed by atoms with Gasteiger partial charge in [-0.3, -0.25) is 0 Å². The fraction of sp³-hybridized carbons (Fsp3) is 0.333. The molecule has 9 heteroatoms. The Kier molecular flexibility index (Phi) is 8.31. The summed E-state index contributed by atoms with van der Waals surface area (Å²) in [5.74, 6) is -1.72. The first-order chi connectivity index (χ1) is 16.9. The highest BCUT2D eigenvalue weighted by atomic mass is 31.2. The summed E-state index contributed by atoms with van der Waals surface area (Å²) in [6.07, 6.45) is 2.01. The lowest BCUT2D eigenvalue weighted by Gasteiger charge is -2.22. The quantitative estimate of drug-likeness (QED) is 0.325. The van der Waals surface area contributed by atoms with E-state index < -0.39 is 30.5 Å². The first-order valence-corrected chi connectivity index (χ1v) is 14.2. The lowest BCUT2D eigenvalue weighted by Crippen LogP contribution is -2.31. The molecule has 0 saturated heterocycles. The van der Waals surface area contributed by atoms with Crippen molar-refractivity contribution < 1.29 is 23.6 Å². The van der Waals surface area contributed by atoms with Crippen LogP contribution in [0.2, 0.25) is 0 Å². The van der Waals surface area contributed by atoms with E-state index in [0.29, 0.717) is 29.2 Å². The summed E-state index contributed by atoms with van der Waals surface area (Å²) in [6.45, 7) is 8.50. The molecule has 3 rings (SSSR count). The Morgan fingerprint density at radius 3 is 2.22 bits per heavy atom. The number of hydrogen-bond donors (Lipinski definition) is 1. The number of nitrogens with zero attached hydrogens (tertiary/aromatic N) is 2. The van der Waals surface area contributed by atoms with E-state index in [1.54, 1.807) is 30.5 Å². The van der Waals surface area contributed by atoms with Crippen LogP contribution in [0.3, 0.4) is 0 Å². The van der Waals surface area contributed by atoms with Gasteiger partial charge in [0.15, 0.2) is 5.78 Å². The predicted octanol–water partition coefficient (Wildman–Crippen LogP) is 5.22. The first kappa shape index (κ1) is 27.1. The van der Waals surface area contributed by atoms with E-state index in [0.717, 1.165) is 11.1 Å². The maximum absolute atomic E-state index is 12.8. The standard InChI is InChI=1S/C27H32N3O5P/c1-27(2,3)35-25(31)20-14-12-19(13-15-20)22-17-28-23(30-24(26(32)34-4)36(5,6)33)21(29-22)16-18-10-8-7-9-11-18/h7-15,17,24H,16H2,1-6H3,(H,28,30). The second kappa shape index (κ2) is 11.0. The highest BCUT2D eigenvalue weighted by Crippen LogP contribution is 2.43. The van der Waals surface area contributed by atoms with Crippen molar-refractivity contribution in [3.8, 4) is 11.3 Å². The van der Waals surface area contributed by atoms with Crippen LogP contribution < -0.4 is 5.32 Å². The summed E-state index contributed by atoms with van der Waals surface area (Å²) in [5.41, 5.74) is 2.78. The molecule has 1 atom stereocenters. The van der Waals surface area contributed by atoms with Crippen molar-refractivity contribution in [3.05, 3.63) is 77.6 Å². The Morgan fingerprint density at radius 2 is 1.67 bits per heavy atom. The van der Waals surface area contributed by atoms with Gasteiger partial charge in [0.25, 0.3) is 0 Å². The molecule has 0 spiro atoms. The lowest BCUT2D eigenvalue weighted by atomic mass is 10.1. The van der Waals surface area contributed by atoms with Gasteiger partial charge in [-0.15, -0.1) is 0 Å². The van der Waals surface area contributed by atoms with Gasteiger partial charge in [0.1, 0.15) is 18.6 Å². The smallest absolute Gasteiger partial charge is 0.338 e. The molecule has 1 aromatic heterocycles. The number of aromatic nitrogens is 2. The van der Waals surface area contributed by atoms with Crippen LogP contribution in [-0.4, -0.2) is 53.7 Å². The van der Waals surface area contributed by atoms with Gasteiger partial charge in [-0.05, 0) is 51.8 Å². The zero-order valence-corrected chi connectivity index (χ0v) is 22.3. The fourth-order valence-electron chi connectivity index (χ4n) is 3.42. The summed E-state index contributed by atoms with van der Waals surface area (Å²) in [4.78, 5) is 34.0. The van der Waals surface area contributed by atoms with Crippen molar-refractivity contribution in [2.45, 2.75) is 38.6 Å². The number of ether oxygens (including phenoxy) is 2. The van der Waals surface area contributed by atoms with E-state index in [9.17, 15) is 14.2 Å². The molecule has 8 nitrogen and oxygen atoms in total. The highest BCUT2D eigenvalue weighted by molar-refractivity contribution is 7.64. The third kappa shape index (κ3) is 7.25. The number of carbonyl (C=O) groups is 2. The van der Waals surface area contributed by atoms with Crippen LogP contribution >= 0.6 is 7.14 Å². The van der Waals surface area contributed by atoms with Gasteiger partial charge in [0.05, 0.1) is 30.3 Å². The fourth-order valence-corrected chi connectivity index (χ4v) is 4.47. The van der Waals surface area contributed by atoms with Crippen molar-refractivity contribution >= 4 is 24.9 Å². The second-order valence-corrected chi connectivity index (χ2v) is 13.2. The number of esters is 2. The Bertz CT molecular complexity index is 1260. The SMILES string of the molecule is COC(=O)C(Nc1ncc(-c2ccc(C(=O)OC(C)(C)C)cc2)nc1Cc1ccccc1)P(C)(C)=O. The normalized spacial score (nSPS) is 12.5. The van der Waals surface area contributed by atoms with Crippen LogP contribution in [0.4, 0.5) is 5.82 Å². The monoisotopic (exact) mass is 509 g/mol. The molecule has 0 aliphatic rings. The van der Waals surface area contributed by atoms with Crippen LogP contribution in [0.5, 0.6) is 0 Å². The first-order valence-electron chi connectivity index (χ1n) is 11.5. The molecule has 2 aromatic carbocycles. The Labute approximate surface area is 211 Å². The lowest BCUT2D eigenvalue weighted by molar-refractivity contribution is -0.139. The Morgan fingerprint density at radius 1 is 1.03 bits per heavy atom. The maximum Gasteiger partial charge on any atom is 0.338 e. The zero-order valence-electron chi connectivity index (χ0n) is 21.4. The highest BCUT2D eigenvalue weighted by Gasteiger charge is 2.32. The third-order valence-corrected chi connectivity index (χ3v) is 6.78. The molecule has 1 N–H and O–H groups in total. The predicted molar refractivity (Wildman–Crippen MR) is 141 cm³/mol. The van der Waals surface area contributed by atoms with Gasteiger partial charge in [-0.1, -0.05) is 42.5 Å². The molecule has 0 aliphatic carbocycles. The summed E-state index contributed by atoms with van der Waals surface area (Å²) in [7, 11) is -1.66. The number of anilines is 1. The Hall–Kier alpha value is -3.51. The van der Waals surface area contributed by atoms with E-state index in [1.807, 2.05) is 51.1 Å². The summed E-state index contributed by atoms with van der Waals surface area (Å²) in [6, 6.07) is 16.7. The van der Waals surface area contributed by atoms with Crippen LogP contribution in [0.1, 0.15) is 42.4 Å². The molecule has 36 heavy (non-hydrogen) atoms. The number of carbonyl (C=O) groups excluding carboxylic acids is 2. The van der Waals surface area contributed by atoms with Gasteiger partial charge in [0.2, 0.25) is 0 Å². The van der Waals surface area contributed by atoms with E-state index >= 15 is 0 Å². The third-order valence-electron chi connectivity index (χ3n) is 5.19. The van der Waals surface area contributed by atoms with Gasteiger partial charge >= 0.3 is 11.9 Å². The minimum Gasteiger partial charge on any atom is -0.467 e. The molecule has 0 bridgehead atoms. The molecule has 1 heterocycles. The van der Waals surface area contributed by atoms with E-state index in [2.05, 4.69) is 10.3 Å². The summed E-state index contributed by atoms with van der Waals surface area (Å²) >= 11 is 0. The molecular weight excluding hydrogens is 477 g/mol. The molecule has 0 radical (unpaired) electrons. The van der Waals surface area contributed by atoms with E-state index in [-0.39, 0.29) is 0 Å². The van der Waals surface area contributed by atoms with E-state index in [1.165, 1.54) is 20.4 Å². The summed E-state index contributed by atoms with van der Waals surface area (Å²) < 4.78 is 23.1. The molecule has 3 aromatic rings. The minimum atomic E-state index is -2.91.